The maximum Gasteiger partial charge on any atom is 0.235 e. The minimum atomic E-state index is -0.464. The molecule has 3 rings (SSSR count). The van der Waals surface area contributed by atoms with Gasteiger partial charge in [-0.1, -0.05) is 11.6 Å². The molecule has 4 nitrogen and oxygen atoms in total. The average Bonchev–Trinajstić information content (AvgIpc) is 3.09. The molecule has 5 heteroatoms. The van der Waals surface area contributed by atoms with Crippen molar-refractivity contribution in [2.24, 2.45) is 4.99 Å². The summed E-state index contributed by atoms with van der Waals surface area (Å²) in [6, 6.07) is 3.64. The molecule has 0 atom stereocenters. The van der Waals surface area contributed by atoms with Crippen LogP contribution in [-0.2, 0) is 21.7 Å². The van der Waals surface area contributed by atoms with E-state index >= 15 is 0 Å². The maximum absolute atomic E-state index is 10.5. The lowest BCUT2D eigenvalue weighted by Crippen LogP contribution is -2.16. The van der Waals surface area contributed by atoms with Gasteiger partial charge in [-0.3, -0.25) is 0 Å². The van der Waals surface area contributed by atoms with Crippen LogP contribution in [0.1, 0.15) is 24.0 Å². The van der Waals surface area contributed by atoms with E-state index in [9.17, 15) is 4.79 Å². The fraction of sp³-hybridized carbons (Fsp3) is 0.417. The van der Waals surface area contributed by atoms with Gasteiger partial charge in [-0.25, -0.2) is 4.79 Å². The van der Waals surface area contributed by atoms with Crippen molar-refractivity contribution in [3.8, 4) is 5.75 Å². The maximum atomic E-state index is 10.5. The number of isocyanates is 1. The molecule has 2 aliphatic rings. The van der Waals surface area contributed by atoms with Crippen LogP contribution in [0.5, 0.6) is 5.75 Å². The monoisotopic (exact) mass is 251 g/mol. The minimum absolute atomic E-state index is 0.225. The highest BCUT2D eigenvalue weighted by atomic mass is 35.5. The average molecular weight is 252 g/mol. The molecule has 0 radical (unpaired) electrons. The van der Waals surface area contributed by atoms with Gasteiger partial charge in [0.1, 0.15) is 11.3 Å². The summed E-state index contributed by atoms with van der Waals surface area (Å²) >= 11 is 6.06. The first-order valence-electron chi connectivity index (χ1n) is 5.38. The molecule has 0 aromatic heterocycles. The molecule has 1 saturated carbocycles. The van der Waals surface area contributed by atoms with E-state index in [1.54, 1.807) is 6.08 Å². The van der Waals surface area contributed by atoms with Gasteiger partial charge in [0.2, 0.25) is 6.08 Å². The summed E-state index contributed by atoms with van der Waals surface area (Å²) in [6.45, 7) is 0.701. The summed E-state index contributed by atoms with van der Waals surface area (Å²) < 4.78 is 10.7. The zero-order valence-electron chi connectivity index (χ0n) is 9.03. The number of fused-ring (bicyclic) bond motifs is 1. The Bertz CT molecular complexity index is 519. The molecule has 1 aliphatic carbocycles. The Hall–Kier alpha value is -1.35. The van der Waals surface area contributed by atoms with E-state index in [4.69, 9.17) is 21.1 Å². The molecule has 88 valence electrons. The van der Waals surface area contributed by atoms with Gasteiger partial charge in [0.05, 0.1) is 6.61 Å². The molecule has 0 amide bonds. The lowest BCUT2D eigenvalue weighted by Gasteiger charge is -2.23. The number of carbonyl (C=O) groups excluding carboxylic acids is 1. The first kappa shape index (κ1) is 10.8. The Morgan fingerprint density at radius 2 is 2.24 bits per heavy atom. The van der Waals surface area contributed by atoms with Crippen LogP contribution in [-0.4, -0.2) is 12.9 Å². The molecule has 0 saturated heterocycles. The van der Waals surface area contributed by atoms with E-state index in [2.05, 4.69) is 4.99 Å². The lowest BCUT2D eigenvalue weighted by molar-refractivity contribution is -0.0173. The summed E-state index contributed by atoms with van der Waals surface area (Å²) in [5, 5.41) is 0.611. The van der Waals surface area contributed by atoms with Crippen molar-refractivity contribution in [2.75, 3.05) is 6.79 Å². The Balaban J connectivity index is 2.16. The van der Waals surface area contributed by atoms with Crippen molar-refractivity contribution >= 4 is 17.7 Å². The Labute approximate surface area is 103 Å². The fourth-order valence-corrected chi connectivity index (χ4v) is 2.41. The summed E-state index contributed by atoms with van der Waals surface area (Å²) in [4.78, 5) is 14.4. The first-order valence-corrected chi connectivity index (χ1v) is 5.75. The van der Waals surface area contributed by atoms with E-state index in [0.717, 1.165) is 29.7 Å². The van der Waals surface area contributed by atoms with Gasteiger partial charge in [-0.05, 0) is 25.0 Å². The van der Waals surface area contributed by atoms with Crippen LogP contribution in [0.2, 0.25) is 5.02 Å². The van der Waals surface area contributed by atoms with Gasteiger partial charge < -0.3 is 9.47 Å². The van der Waals surface area contributed by atoms with Crippen LogP contribution in [0.25, 0.3) is 0 Å². The van der Waals surface area contributed by atoms with E-state index in [-0.39, 0.29) is 6.79 Å². The number of hydrogen-bond acceptors (Lipinski definition) is 4. The first-order chi connectivity index (χ1) is 8.25. The second kappa shape index (κ2) is 3.84. The second-order valence-electron chi connectivity index (χ2n) is 4.29. The molecular formula is C12H10ClNO3. The minimum Gasteiger partial charge on any atom is -0.467 e. The van der Waals surface area contributed by atoms with E-state index < -0.39 is 5.54 Å². The zero-order valence-corrected chi connectivity index (χ0v) is 9.79. The van der Waals surface area contributed by atoms with Crippen molar-refractivity contribution in [1.82, 2.24) is 0 Å². The topological polar surface area (TPSA) is 47.9 Å². The predicted octanol–water partition coefficient (Wildman–Crippen LogP) is 2.53. The van der Waals surface area contributed by atoms with Crippen molar-refractivity contribution in [3.63, 3.8) is 0 Å². The van der Waals surface area contributed by atoms with Gasteiger partial charge in [-0.15, -0.1) is 0 Å². The summed E-state index contributed by atoms with van der Waals surface area (Å²) in [6.07, 6.45) is 3.31. The summed E-state index contributed by atoms with van der Waals surface area (Å²) in [7, 11) is 0. The number of nitrogens with zero attached hydrogens (tertiary/aromatic N) is 1. The van der Waals surface area contributed by atoms with Crippen molar-refractivity contribution in [2.45, 2.75) is 25.0 Å². The Morgan fingerprint density at radius 3 is 2.94 bits per heavy atom. The van der Waals surface area contributed by atoms with Gasteiger partial charge in [0.15, 0.2) is 6.79 Å². The van der Waals surface area contributed by atoms with E-state index in [1.807, 2.05) is 12.1 Å². The van der Waals surface area contributed by atoms with Crippen LogP contribution in [0.4, 0.5) is 0 Å². The van der Waals surface area contributed by atoms with Crippen LogP contribution in [0.15, 0.2) is 17.1 Å². The third kappa shape index (κ3) is 1.75. The Kier molecular flexibility index (Phi) is 2.44. The highest BCUT2D eigenvalue weighted by Crippen LogP contribution is 2.54. The van der Waals surface area contributed by atoms with Crippen LogP contribution < -0.4 is 4.74 Å². The van der Waals surface area contributed by atoms with Crippen LogP contribution in [0, 0.1) is 0 Å². The van der Waals surface area contributed by atoms with Gasteiger partial charge >= 0.3 is 0 Å². The highest BCUT2D eigenvalue weighted by molar-refractivity contribution is 6.30. The second-order valence-corrected chi connectivity index (χ2v) is 4.72. The van der Waals surface area contributed by atoms with Crippen molar-refractivity contribution in [3.05, 3.63) is 28.3 Å². The van der Waals surface area contributed by atoms with Crippen molar-refractivity contribution in [1.29, 1.82) is 0 Å². The molecule has 1 aliphatic heterocycles. The number of halogens is 1. The van der Waals surface area contributed by atoms with Gasteiger partial charge in [0, 0.05) is 16.1 Å². The molecule has 0 bridgehead atoms. The predicted molar refractivity (Wildman–Crippen MR) is 60.8 cm³/mol. The lowest BCUT2D eigenvalue weighted by atomic mass is 10.0. The molecule has 0 spiro atoms. The third-order valence-electron chi connectivity index (χ3n) is 3.16. The normalized spacial score (nSPS) is 19.8. The van der Waals surface area contributed by atoms with E-state index in [0.29, 0.717) is 11.6 Å². The number of aliphatic imine (C=N–C) groups is 1. The highest BCUT2D eigenvalue weighted by Gasteiger charge is 2.47. The number of ether oxygens (including phenoxy) is 2. The third-order valence-corrected chi connectivity index (χ3v) is 3.38. The van der Waals surface area contributed by atoms with Crippen LogP contribution >= 0.6 is 11.6 Å². The van der Waals surface area contributed by atoms with E-state index in [1.165, 1.54) is 0 Å². The number of benzene rings is 1. The number of hydrogen-bond donors (Lipinski definition) is 0. The molecule has 17 heavy (non-hydrogen) atoms. The molecule has 1 heterocycles. The molecule has 1 aromatic rings. The van der Waals surface area contributed by atoms with Crippen molar-refractivity contribution < 1.29 is 14.3 Å². The quantitative estimate of drug-likeness (QED) is 0.599. The summed E-state index contributed by atoms with van der Waals surface area (Å²) in [5.74, 6) is 0.761. The smallest absolute Gasteiger partial charge is 0.235 e. The van der Waals surface area contributed by atoms with Gasteiger partial charge in [0.25, 0.3) is 0 Å². The number of rotatable bonds is 2. The van der Waals surface area contributed by atoms with Crippen LogP contribution in [0.3, 0.4) is 0 Å². The molecular weight excluding hydrogens is 242 g/mol. The molecule has 1 aromatic carbocycles. The molecule has 1 fully saturated rings. The zero-order chi connectivity index (χ0) is 11.9. The largest absolute Gasteiger partial charge is 0.467 e. The fourth-order valence-electron chi connectivity index (χ4n) is 2.17. The van der Waals surface area contributed by atoms with Gasteiger partial charge in [-0.2, -0.15) is 4.99 Å². The molecule has 0 N–H and O–H groups in total. The molecule has 0 unspecified atom stereocenters. The standard InChI is InChI=1S/C12H10ClNO3/c13-9-3-8-5-16-7-17-11(8)10(4-9)12(1-2-12)14-6-15/h3-4H,1-2,5,7H2. The Morgan fingerprint density at radius 1 is 1.41 bits per heavy atom. The summed E-state index contributed by atoms with van der Waals surface area (Å²) in [5.41, 5.74) is 1.33. The SMILES string of the molecule is O=C=NC1(c2cc(Cl)cc3c2OCOC3)CC1.